The molecule has 14 rings (SSSR count). The average Bonchev–Trinajstić information content (AvgIpc) is 3.96. The minimum Gasteiger partial charge on any atom is -0.456 e. The second-order valence-corrected chi connectivity index (χ2v) is 18.4. The highest BCUT2D eigenvalue weighted by Crippen LogP contribution is 2.56. The van der Waals surface area contributed by atoms with E-state index in [4.69, 9.17) is 14.4 Å². The van der Waals surface area contributed by atoms with E-state index in [1.807, 2.05) is 12.1 Å². The van der Waals surface area contributed by atoms with Gasteiger partial charge in [-0.05, 0) is 114 Å². The van der Waals surface area contributed by atoms with Crippen molar-refractivity contribution in [2.75, 3.05) is 0 Å². The predicted molar refractivity (Wildman–Crippen MR) is 289 cm³/mol. The van der Waals surface area contributed by atoms with Crippen molar-refractivity contribution in [1.29, 1.82) is 0 Å². The highest BCUT2D eigenvalue weighted by Gasteiger charge is 2.46. The van der Waals surface area contributed by atoms with Gasteiger partial charge in [0.25, 0.3) is 0 Å². The van der Waals surface area contributed by atoms with E-state index in [9.17, 15) is 0 Å². The molecule has 3 nitrogen and oxygen atoms in total. The van der Waals surface area contributed by atoms with E-state index in [0.717, 1.165) is 66.7 Å². The number of fused-ring (bicyclic) bond motifs is 9. The van der Waals surface area contributed by atoms with Crippen LogP contribution in [0.3, 0.4) is 0 Å². The zero-order valence-corrected chi connectivity index (χ0v) is 38.1. The molecule has 0 spiro atoms. The molecule has 0 atom stereocenters. The van der Waals surface area contributed by atoms with Gasteiger partial charge in [0.05, 0.1) is 16.8 Å². The highest BCUT2D eigenvalue weighted by molar-refractivity contribution is 6.09. The summed E-state index contributed by atoms with van der Waals surface area (Å²) < 4.78 is 6.16. The molecule has 3 heteroatoms. The van der Waals surface area contributed by atoms with E-state index < -0.39 is 5.41 Å². The lowest BCUT2D eigenvalue weighted by molar-refractivity contribution is 0.669. The largest absolute Gasteiger partial charge is 0.456 e. The van der Waals surface area contributed by atoms with Crippen LogP contribution in [0.15, 0.2) is 259 Å². The third-order valence-electron chi connectivity index (χ3n) is 14.6. The standard InChI is InChI=1S/C67H42N2O/c1-3-14-52(15-4-1)67(53-16-5-2-6-17-53)60-21-11-9-19-55(60)56-37-35-51(41-61(56)67)63-42-62(47-30-23-43(24-31-47)50-36-38-65-59(40-50)57-20-10-12-22-64(57)70-65)68-66(69-63)48-32-25-44(26-33-48)49-34-29-46-28-27-45-13-7-8-18-54(45)58(46)39-49/h1-42H. The topological polar surface area (TPSA) is 38.9 Å². The molecule has 0 radical (unpaired) electrons. The van der Waals surface area contributed by atoms with Gasteiger partial charge < -0.3 is 4.42 Å². The lowest BCUT2D eigenvalue weighted by Crippen LogP contribution is -2.28. The molecule has 70 heavy (non-hydrogen) atoms. The summed E-state index contributed by atoms with van der Waals surface area (Å²) in [5.74, 6) is 0.672. The Hall–Kier alpha value is -9.18. The maximum Gasteiger partial charge on any atom is 0.160 e. The third kappa shape index (κ3) is 6.36. The molecule has 13 aromatic rings. The molecule has 0 saturated heterocycles. The van der Waals surface area contributed by atoms with Gasteiger partial charge in [-0.3, -0.25) is 0 Å². The summed E-state index contributed by atoms with van der Waals surface area (Å²) in [6.45, 7) is 0. The summed E-state index contributed by atoms with van der Waals surface area (Å²) >= 11 is 0. The Balaban J connectivity index is 0.911. The summed E-state index contributed by atoms with van der Waals surface area (Å²) in [4.78, 5) is 10.8. The first-order chi connectivity index (χ1) is 34.7. The Labute approximate surface area is 405 Å². The summed E-state index contributed by atoms with van der Waals surface area (Å²) in [5.41, 5.74) is 18.0. The summed E-state index contributed by atoms with van der Waals surface area (Å²) in [5, 5.41) is 7.23. The van der Waals surface area contributed by atoms with Crippen molar-refractivity contribution < 1.29 is 4.42 Å². The van der Waals surface area contributed by atoms with E-state index in [1.165, 1.54) is 60.5 Å². The van der Waals surface area contributed by atoms with Crippen LogP contribution < -0.4 is 0 Å². The Kier molecular flexibility index (Phi) is 9.11. The number of aromatic nitrogens is 2. The monoisotopic (exact) mass is 890 g/mol. The fourth-order valence-electron chi connectivity index (χ4n) is 11.2. The highest BCUT2D eigenvalue weighted by atomic mass is 16.3. The smallest absolute Gasteiger partial charge is 0.160 e. The number of nitrogens with zero attached hydrogens (tertiary/aromatic N) is 2. The van der Waals surface area contributed by atoms with Crippen molar-refractivity contribution >= 4 is 43.5 Å². The number of hydrogen-bond donors (Lipinski definition) is 0. The van der Waals surface area contributed by atoms with E-state index >= 15 is 0 Å². The molecule has 1 aliphatic carbocycles. The third-order valence-corrected chi connectivity index (χ3v) is 14.6. The fourth-order valence-corrected chi connectivity index (χ4v) is 11.2. The molecule has 0 N–H and O–H groups in total. The molecule has 0 bridgehead atoms. The van der Waals surface area contributed by atoms with Crippen LogP contribution in [-0.4, -0.2) is 9.97 Å². The molecular formula is C67H42N2O. The molecule has 0 saturated carbocycles. The van der Waals surface area contributed by atoms with Crippen molar-refractivity contribution in [2.24, 2.45) is 0 Å². The van der Waals surface area contributed by atoms with Gasteiger partial charge in [-0.1, -0.05) is 218 Å². The van der Waals surface area contributed by atoms with Crippen LogP contribution in [0.4, 0.5) is 0 Å². The van der Waals surface area contributed by atoms with Crippen molar-refractivity contribution in [3.8, 4) is 67.3 Å². The number of hydrogen-bond acceptors (Lipinski definition) is 3. The first-order valence-corrected chi connectivity index (χ1v) is 24.0. The molecular weight excluding hydrogens is 849 g/mol. The molecule has 0 aliphatic heterocycles. The quantitative estimate of drug-likeness (QED) is 0.150. The summed E-state index contributed by atoms with van der Waals surface area (Å²) in [6, 6.07) is 91.9. The first-order valence-electron chi connectivity index (χ1n) is 24.0. The molecule has 0 unspecified atom stereocenters. The second-order valence-electron chi connectivity index (χ2n) is 18.4. The van der Waals surface area contributed by atoms with Crippen LogP contribution in [0.5, 0.6) is 0 Å². The van der Waals surface area contributed by atoms with Gasteiger partial charge in [-0.2, -0.15) is 0 Å². The Morgan fingerprint density at radius 1 is 0.286 bits per heavy atom. The van der Waals surface area contributed by atoms with Gasteiger partial charge in [-0.25, -0.2) is 9.97 Å². The predicted octanol–water partition coefficient (Wildman–Crippen LogP) is 17.4. The molecule has 2 aromatic heterocycles. The molecule has 11 aromatic carbocycles. The normalized spacial score (nSPS) is 12.7. The van der Waals surface area contributed by atoms with Crippen molar-refractivity contribution in [1.82, 2.24) is 9.97 Å². The van der Waals surface area contributed by atoms with E-state index in [2.05, 4.69) is 243 Å². The van der Waals surface area contributed by atoms with Gasteiger partial charge in [0, 0.05) is 27.5 Å². The number of para-hydroxylation sites is 1. The van der Waals surface area contributed by atoms with Gasteiger partial charge in [0.1, 0.15) is 11.2 Å². The number of rotatable bonds is 7. The van der Waals surface area contributed by atoms with Crippen molar-refractivity contribution in [2.45, 2.75) is 5.41 Å². The van der Waals surface area contributed by atoms with Crippen LogP contribution in [-0.2, 0) is 5.41 Å². The lowest BCUT2D eigenvalue weighted by Gasteiger charge is -2.34. The fraction of sp³-hybridized carbons (Fsp3) is 0.0149. The van der Waals surface area contributed by atoms with Crippen LogP contribution in [0.2, 0.25) is 0 Å². The minimum atomic E-state index is -0.532. The van der Waals surface area contributed by atoms with Crippen LogP contribution in [0.25, 0.3) is 111 Å². The SMILES string of the molecule is c1ccc(C2(c3ccccc3)c3ccccc3-c3ccc(-c4cc(-c5ccc(-c6ccc7oc8ccccc8c7c6)cc5)nc(-c5ccc(-c6ccc7ccc8ccccc8c7c6)cc5)n4)cc32)cc1. The van der Waals surface area contributed by atoms with Gasteiger partial charge >= 0.3 is 0 Å². The van der Waals surface area contributed by atoms with Crippen LogP contribution in [0.1, 0.15) is 22.3 Å². The second kappa shape index (κ2) is 16.0. The maximum absolute atomic E-state index is 6.16. The number of benzene rings is 11. The van der Waals surface area contributed by atoms with Crippen LogP contribution in [0, 0.1) is 0 Å². The summed E-state index contributed by atoms with van der Waals surface area (Å²) in [6.07, 6.45) is 0. The van der Waals surface area contributed by atoms with E-state index in [1.54, 1.807) is 0 Å². The molecule has 2 heterocycles. The Morgan fingerprint density at radius 3 is 1.53 bits per heavy atom. The van der Waals surface area contributed by atoms with E-state index in [-0.39, 0.29) is 0 Å². The molecule has 0 amide bonds. The van der Waals surface area contributed by atoms with Crippen LogP contribution >= 0.6 is 0 Å². The molecule has 1 aliphatic rings. The lowest BCUT2D eigenvalue weighted by atomic mass is 9.67. The van der Waals surface area contributed by atoms with Crippen molar-refractivity contribution in [3.63, 3.8) is 0 Å². The Morgan fingerprint density at radius 2 is 0.786 bits per heavy atom. The first kappa shape index (κ1) is 39.9. The number of furan rings is 1. The molecule has 326 valence electrons. The van der Waals surface area contributed by atoms with Crippen molar-refractivity contribution in [3.05, 3.63) is 277 Å². The maximum atomic E-state index is 6.16. The molecule has 0 fully saturated rings. The average molecular weight is 891 g/mol. The summed E-state index contributed by atoms with van der Waals surface area (Å²) in [7, 11) is 0. The van der Waals surface area contributed by atoms with E-state index in [0.29, 0.717) is 5.82 Å². The van der Waals surface area contributed by atoms with Gasteiger partial charge in [0.2, 0.25) is 0 Å². The zero-order valence-electron chi connectivity index (χ0n) is 38.1. The Bertz CT molecular complexity index is 4110. The van der Waals surface area contributed by atoms with Gasteiger partial charge in [-0.15, -0.1) is 0 Å². The van der Waals surface area contributed by atoms with Gasteiger partial charge in [0.15, 0.2) is 5.82 Å². The zero-order chi connectivity index (χ0) is 46.2. The minimum absolute atomic E-state index is 0.532.